The zero-order valence-electron chi connectivity index (χ0n) is 12.8. The Hall–Kier alpha value is -2.01. The molecule has 1 N–H and O–H groups in total. The number of aryl methyl sites for hydroxylation is 1. The summed E-state index contributed by atoms with van der Waals surface area (Å²) >= 11 is 0. The number of aromatic nitrogens is 1. The van der Waals surface area contributed by atoms with Crippen molar-refractivity contribution in [3.05, 3.63) is 34.1 Å². The van der Waals surface area contributed by atoms with E-state index in [1.54, 1.807) is 13.2 Å². The summed E-state index contributed by atoms with van der Waals surface area (Å²) in [5.41, 5.74) is 2.75. The van der Waals surface area contributed by atoms with Crippen LogP contribution < -0.4 is 15.1 Å². The van der Waals surface area contributed by atoms with Crippen LogP contribution in [0.3, 0.4) is 0 Å². The van der Waals surface area contributed by atoms with Gasteiger partial charge in [-0.3, -0.25) is 4.79 Å². The third-order valence-corrected chi connectivity index (χ3v) is 4.11. The van der Waals surface area contributed by atoms with E-state index in [2.05, 4.69) is 21.8 Å². The number of nitrogens with one attached hydrogen (secondary N) is 1. The number of likely N-dealkylation sites (N-methyl/N-ethyl adjacent to an activating group) is 1. The minimum Gasteiger partial charge on any atom is -0.495 e. The van der Waals surface area contributed by atoms with E-state index in [4.69, 9.17) is 4.74 Å². The van der Waals surface area contributed by atoms with Gasteiger partial charge in [-0.1, -0.05) is 0 Å². The molecule has 2 heterocycles. The number of hydrogen-bond donors (Lipinski definition) is 1. The van der Waals surface area contributed by atoms with E-state index in [0.717, 1.165) is 54.2 Å². The van der Waals surface area contributed by atoms with Crippen molar-refractivity contribution < 1.29 is 4.74 Å². The average molecular weight is 287 g/mol. The highest BCUT2D eigenvalue weighted by molar-refractivity contribution is 5.86. The Morgan fingerprint density at radius 1 is 1.14 bits per heavy atom. The SMILES string of the molecule is COc1cc2[nH]c(C)cc(=O)c2cc1N1CCN(C)CC1. The minimum absolute atomic E-state index is 0.0549. The van der Waals surface area contributed by atoms with Gasteiger partial charge in [0.15, 0.2) is 5.43 Å². The third-order valence-electron chi connectivity index (χ3n) is 4.11. The molecular formula is C16H21N3O2. The van der Waals surface area contributed by atoms with E-state index in [0.29, 0.717) is 0 Å². The Bertz CT molecular complexity index is 715. The molecule has 5 heteroatoms. The average Bonchev–Trinajstić information content (AvgIpc) is 2.47. The van der Waals surface area contributed by atoms with Crippen LogP contribution in [0.2, 0.25) is 0 Å². The number of H-pyrrole nitrogens is 1. The molecular weight excluding hydrogens is 266 g/mol. The first kappa shape index (κ1) is 13.9. The number of nitrogens with zero attached hydrogens (tertiary/aromatic N) is 2. The van der Waals surface area contributed by atoms with Crippen molar-refractivity contribution >= 4 is 16.6 Å². The zero-order chi connectivity index (χ0) is 15.0. The molecule has 112 valence electrons. The molecule has 1 aromatic carbocycles. The number of pyridine rings is 1. The molecule has 0 spiro atoms. The van der Waals surface area contributed by atoms with Crippen LogP contribution in [0, 0.1) is 6.92 Å². The minimum atomic E-state index is 0.0549. The van der Waals surface area contributed by atoms with E-state index in [1.807, 2.05) is 19.1 Å². The van der Waals surface area contributed by atoms with Crippen LogP contribution in [-0.4, -0.2) is 50.2 Å². The highest BCUT2D eigenvalue weighted by Crippen LogP contribution is 2.32. The summed E-state index contributed by atoms with van der Waals surface area (Å²) in [5.74, 6) is 0.813. The molecule has 1 aliphatic heterocycles. The second-order valence-electron chi connectivity index (χ2n) is 5.68. The number of piperazine rings is 1. The van der Waals surface area contributed by atoms with Crippen LogP contribution in [0.4, 0.5) is 5.69 Å². The maximum Gasteiger partial charge on any atom is 0.189 e. The summed E-state index contributed by atoms with van der Waals surface area (Å²) in [4.78, 5) is 20.0. The number of hydrogen-bond acceptors (Lipinski definition) is 4. The van der Waals surface area contributed by atoms with Crippen LogP contribution in [0.1, 0.15) is 5.69 Å². The topological polar surface area (TPSA) is 48.6 Å². The van der Waals surface area contributed by atoms with Crippen LogP contribution in [0.5, 0.6) is 5.75 Å². The van der Waals surface area contributed by atoms with E-state index < -0.39 is 0 Å². The summed E-state index contributed by atoms with van der Waals surface area (Å²) in [6.07, 6.45) is 0. The van der Waals surface area contributed by atoms with Crippen LogP contribution >= 0.6 is 0 Å². The van der Waals surface area contributed by atoms with Gasteiger partial charge in [-0.05, 0) is 20.0 Å². The third kappa shape index (κ3) is 2.61. The highest BCUT2D eigenvalue weighted by atomic mass is 16.5. The molecule has 21 heavy (non-hydrogen) atoms. The first-order valence-electron chi connectivity index (χ1n) is 7.23. The maximum absolute atomic E-state index is 12.2. The standard InChI is InChI=1S/C16H21N3O2/c1-11-8-15(20)12-9-14(16(21-3)10-13(12)17-11)19-6-4-18(2)5-7-19/h8-10H,4-7H2,1-3H3,(H,17,20). The van der Waals surface area contributed by atoms with Crippen LogP contribution in [0.15, 0.2) is 23.0 Å². The van der Waals surface area contributed by atoms with Crippen molar-refractivity contribution in [1.82, 2.24) is 9.88 Å². The van der Waals surface area contributed by atoms with Gasteiger partial charge in [0.1, 0.15) is 5.75 Å². The number of ether oxygens (including phenoxy) is 1. The molecule has 0 unspecified atom stereocenters. The van der Waals surface area contributed by atoms with Crippen molar-refractivity contribution in [2.75, 3.05) is 45.2 Å². The van der Waals surface area contributed by atoms with E-state index in [1.165, 1.54) is 0 Å². The monoisotopic (exact) mass is 287 g/mol. The molecule has 0 radical (unpaired) electrons. The molecule has 1 aromatic heterocycles. The molecule has 0 bridgehead atoms. The lowest BCUT2D eigenvalue weighted by atomic mass is 10.1. The Morgan fingerprint density at radius 3 is 2.52 bits per heavy atom. The highest BCUT2D eigenvalue weighted by Gasteiger charge is 2.19. The molecule has 0 atom stereocenters. The van der Waals surface area contributed by atoms with Crippen LogP contribution in [0.25, 0.3) is 10.9 Å². The van der Waals surface area contributed by atoms with Gasteiger partial charge in [0.05, 0.1) is 18.3 Å². The van der Waals surface area contributed by atoms with Gasteiger partial charge in [0, 0.05) is 49.4 Å². The lowest BCUT2D eigenvalue weighted by Gasteiger charge is -2.34. The van der Waals surface area contributed by atoms with E-state index >= 15 is 0 Å². The first-order chi connectivity index (χ1) is 10.1. The molecule has 1 fully saturated rings. The predicted octanol–water partition coefficient (Wildman–Crippen LogP) is 1.60. The van der Waals surface area contributed by atoms with Crippen molar-refractivity contribution in [1.29, 1.82) is 0 Å². The first-order valence-corrected chi connectivity index (χ1v) is 7.23. The normalized spacial score (nSPS) is 16.4. The van der Waals surface area contributed by atoms with Gasteiger partial charge in [0.25, 0.3) is 0 Å². The van der Waals surface area contributed by atoms with Crippen molar-refractivity contribution in [2.24, 2.45) is 0 Å². The Kier molecular flexibility index (Phi) is 3.59. The number of aromatic amines is 1. The van der Waals surface area contributed by atoms with Crippen molar-refractivity contribution in [3.8, 4) is 5.75 Å². The Morgan fingerprint density at radius 2 is 1.86 bits per heavy atom. The van der Waals surface area contributed by atoms with Gasteiger partial charge in [-0.15, -0.1) is 0 Å². The zero-order valence-corrected chi connectivity index (χ0v) is 12.8. The lowest BCUT2D eigenvalue weighted by molar-refractivity contribution is 0.311. The number of anilines is 1. The van der Waals surface area contributed by atoms with E-state index in [9.17, 15) is 4.79 Å². The Labute approximate surface area is 124 Å². The summed E-state index contributed by atoms with van der Waals surface area (Å²) < 4.78 is 5.54. The second-order valence-corrected chi connectivity index (χ2v) is 5.68. The molecule has 0 aliphatic carbocycles. The van der Waals surface area contributed by atoms with Gasteiger partial charge in [-0.2, -0.15) is 0 Å². The van der Waals surface area contributed by atoms with Crippen LogP contribution in [-0.2, 0) is 0 Å². The molecule has 1 saturated heterocycles. The molecule has 3 rings (SSSR count). The van der Waals surface area contributed by atoms with Gasteiger partial charge >= 0.3 is 0 Å². The lowest BCUT2D eigenvalue weighted by Crippen LogP contribution is -2.44. The maximum atomic E-state index is 12.2. The van der Waals surface area contributed by atoms with Gasteiger partial charge in [0.2, 0.25) is 0 Å². The molecule has 5 nitrogen and oxygen atoms in total. The summed E-state index contributed by atoms with van der Waals surface area (Å²) in [7, 11) is 3.80. The summed E-state index contributed by atoms with van der Waals surface area (Å²) in [5, 5.41) is 0.718. The number of fused-ring (bicyclic) bond motifs is 1. The fourth-order valence-corrected chi connectivity index (χ4v) is 2.86. The fraction of sp³-hybridized carbons (Fsp3) is 0.438. The number of benzene rings is 1. The Balaban J connectivity index is 2.11. The molecule has 1 aliphatic rings. The molecule has 2 aromatic rings. The van der Waals surface area contributed by atoms with Crippen molar-refractivity contribution in [2.45, 2.75) is 6.92 Å². The summed E-state index contributed by atoms with van der Waals surface area (Å²) in [6.45, 7) is 5.82. The molecule has 0 saturated carbocycles. The molecule has 0 amide bonds. The number of methoxy groups -OCH3 is 1. The second kappa shape index (κ2) is 5.41. The van der Waals surface area contributed by atoms with Crippen molar-refractivity contribution in [3.63, 3.8) is 0 Å². The van der Waals surface area contributed by atoms with Gasteiger partial charge in [-0.25, -0.2) is 0 Å². The summed E-state index contributed by atoms with van der Waals surface area (Å²) in [6, 6.07) is 5.53. The fourth-order valence-electron chi connectivity index (χ4n) is 2.86. The van der Waals surface area contributed by atoms with E-state index in [-0.39, 0.29) is 5.43 Å². The quantitative estimate of drug-likeness (QED) is 0.911. The largest absolute Gasteiger partial charge is 0.495 e. The smallest absolute Gasteiger partial charge is 0.189 e. The van der Waals surface area contributed by atoms with Gasteiger partial charge < -0.3 is 19.5 Å². The predicted molar refractivity (Wildman–Crippen MR) is 85.6 cm³/mol. The number of rotatable bonds is 2.